The largest absolute Gasteiger partial charge is 0.514 e. The number of ether oxygens (including phenoxy) is 2. The molecule has 0 saturated heterocycles. The molecule has 0 aliphatic rings. The van der Waals surface area contributed by atoms with Crippen LogP contribution in [0.3, 0.4) is 0 Å². The van der Waals surface area contributed by atoms with Crippen LogP contribution in [-0.2, 0) is 4.74 Å². The summed E-state index contributed by atoms with van der Waals surface area (Å²) in [5.41, 5.74) is -0.0639. The van der Waals surface area contributed by atoms with Gasteiger partial charge in [0.15, 0.2) is 0 Å². The standard InChI is InChI=1S/C16H21NO5.C2H6/c1-3-5-6-7-8-14(4-2)21-16(18)22-15-11-9-13(10-12-15)17(19)20;1-2/h7-12,14H,3-6H2,1-2H3;1-2H3/b8-7+;. The van der Waals surface area contributed by atoms with Crippen LogP contribution in [0.1, 0.15) is 53.4 Å². The van der Waals surface area contributed by atoms with Gasteiger partial charge in [-0.25, -0.2) is 4.79 Å². The molecule has 1 atom stereocenters. The summed E-state index contributed by atoms with van der Waals surface area (Å²) in [6, 6.07) is 5.25. The summed E-state index contributed by atoms with van der Waals surface area (Å²) in [6.07, 6.45) is 6.52. The Balaban J connectivity index is 0.00000254. The van der Waals surface area contributed by atoms with E-state index in [1.54, 1.807) is 0 Å². The van der Waals surface area contributed by atoms with Crippen LogP contribution in [0.2, 0.25) is 0 Å². The number of rotatable bonds is 8. The molecule has 134 valence electrons. The van der Waals surface area contributed by atoms with Gasteiger partial charge >= 0.3 is 6.16 Å². The lowest BCUT2D eigenvalue weighted by Gasteiger charge is -2.12. The van der Waals surface area contributed by atoms with Crippen molar-refractivity contribution in [1.82, 2.24) is 0 Å². The molecule has 1 rings (SSSR count). The van der Waals surface area contributed by atoms with Crippen molar-refractivity contribution < 1.29 is 19.2 Å². The molecule has 6 nitrogen and oxygen atoms in total. The summed E-state index contributed by atoms with van der Waals surface area (Å²) in [4.78, 5) is 21.7. The average molecular weight is 337 g/mol. The third kappa shape index (κ3) is 8.92. The van der Waals surface area contributed by atoms with Crippen LogP contribution >= 0.6 is 0 Å². The minimum absolute atomic E-state index is 0.0639. The molecular formula is C18H27NO5. The first-order valence-electron chi connectivity index (χ1n) is 8.36. The predicted octanol–water partition coefficient (Wildman–Crippen LogP) is 5.66. The van der Waals surface area contributed by atoms with E-state index in [2.05, 4.69) is 6.92 Å². The van der Waals surface area contributed by atoms with Crippen molar-refractivity contribution in [2.75, 3.05) is 0 Å². The fourth-order valence-corrected chi connectivity index (χ4v) is 1.71. The molecule has 1 aromatic carbocycles. The topological polar surface area (TPSA) is 78.7 Å². The average Bonchev–Trinajstić information content (AvgIpc) is 2.59. The van der Waals surface area contributed by atoms with Crippen LogP contribution < -0.4 is 4.74 Å². The molecule has 1 aromatic rings. The van der Waals surface area contributed by atoms with E-state index in [4.69, 9.17) is 9.47 Å². The Morgan fingerprint density at radius 1 is 1.25 bits per heavy atom. The van der Waals surface area contributed by atoms with Crippen molar-refractivity contribution in [3.05, 3.63) is 46.5 Å². The van der Waals surface area contributed by atoms with Crippen LogP contribution in [0.25, 0.3) is 0 Å². The molecule has 0 aromatic heterocycles. The molecule has 0 aliphatic heterocycles. The second kappa shape index (κ2) is 13.1. The van der Waals surface area contributed by atoms with Gasteiger partial charge in [0.25, 0.3) is 5.69 Å². The van der Waals surface area contributed by atoms with Gasteiger partial charge in [0.05, 0.1) is 4.92 Å². The summed E-state index contributed by atoms with van der Waals surface area (Å²) >= 11 is 0. The number of unbranched alkanes of at least 4 members (excludes halogenated alkanes) is 2. The molecule has 0 bridgehead atoms. The number of hydrogen-bond donors (Lipinski definition) is 0. The normalized spacial score (nSPS) is 11.3. The molecule has 1 unspecified atom stereocenters. The van der Waals surface area contributed by atoms with E-state index in [0.29, 0.717) is 6.42 Å². The molecule has 0 aliphatic carbocycles. The smallest absolute Gasteiger partial charge is 0.426 e. The first kappa shape index (κ1) is 21.6. The Bertz CT molecular complexity index is 511. The van der Waals surface area contributed by atoms with Crippen molar-refractivity contribution in [2.45, 2.75) is 59.5 Å². The maximum atomic E-state index is 11.7. The van der Waals surface area contributed by atoms with E-state index < -0.39 is 11.1 Å². The van der Waals surface area contributed by atoms with Crippen LogP contribution in [0.4, 0.5) is 10.5 Å². The molecule has 0 saturated carbocycles. The molecular weight excluding hydrogens is 310 g/mol. The highest BCUT2D eigenvalue weighted by atomic mass is 16.7. The number of hydrogen-bond acceptors (Lipinski definition) is 5. The Kier molecular flexibility index (Phi) is 11.8. The SMILES string of the molecule is CC.CCCC/C=C/C(CC)OC(=O)Oc1ccc([N+](=O)[O-])cc1. The van der Waals surface area contributed by atoms with Gasteiger partial charge in [0, 0.05) is 12.1 Å². The minimum atomic E-state index is -0.819. The lowest BCUT2D eigenvalue weighted by molar-refractivity contribution is -0.384. The molecule has 24 heavy (non-hydrogen) atoms. The van der Waals surface area contributed by atoms with E-state index >= 15 is 0 Å². The molecule has 0 N–H and O–H groups in total. The maximum Gasteiger partial charge on any atom is 0.514 e. The molecule has 6 heteroatoms. The molecule has 0 heterocycles. The Morgan fingerprint density at radius 3 is 2.38 bits per heavy atom. The van der Waals surface area contributed by atoms with Crippen molar-refractivity contribution in [1.29, 1.82) is 0 Å². The maximum absolute atomic E-state index is 11.7. The van der Waals surface area contributed by atoms with Crippen molar-refractivity contribution >= 4 is 11.8 Å². The van der Waals surface area contributed by atoms with Crippen molar-refractivity contribution in [3.63, 3.8) is 0 Å². The highest BCUT2D eigenvalue weighted by Crippen LogP contribution is 2.18. The summed E-state index contributed by atoms with van der Waals surface area (Å²) in [5, 5.41) is 10.5. The zero-order valence-electron chi connectivity index (χ0n) is 14.9. The lowest BCUT2D eigenvalue weighted by atomic mass is 10.2. The van der Waals surface area contributed by atoms with Gasteiger partial charge in [-0.05, 0) is 31.1 Å². The Morgan fingerprint density at radius 2 is 1.88 bits per heavy atom. The number of nitro benzene ring substituents is 1. The van der Waals surface area contributed by atoms with Gasteiger partial charge in [-0.3, -0.25) is 10.1 Å². The van der Waals surface area contributed by atoms with Crippen LogP contribution in [-0.4, -0.2) is 17.2 Å². The number of nitrogens with zero attached hydrogens (tertiary/aromatic N) is 1. The third-order valence-electron chi connectivity index (χ3n) is 2.97. The third-order valence-corrected chi connectivity index (χ3v) is 2.97. The lowest BCUT2D eigenvalue weighted by Crippen LogP contribution is -2.18. The second-order valence-corrected chi connectivity index (χ2v) is 4.74. The van der Waals surface area contributed by atoms with E-state index in [-0.39, 0.29) is 17.5 Å². The van der Waals surface area contributed by atoms with E-state index in [9.17, 15) is 14.9 Å². The van der Waals surface area contributed by atoms with Crippen molar-refractivity contribution in [2.24, 2.45) is 0 Å². The fourth-order valence-electron chi connectivity index (χ4n) is 1.71. The van der Waals surface area contributed by atoms with Crippen LogP contribution in [0.5, 0.6) is 5.75 Å². The molecule has 0 radical (unpaired) electrons. The highest BCUT2D eigenvalue weighted by molar-refractivity contribution is 5.64. The number of carbonyl (C=O) groups is 1. The van der Waals surface area contributed by atoms with Crippen LogP contribution in [0.15, 0.2) is 36.4 Å². The number of benzene rings is 1. The van der Waals surface area contributed by atoms with Gasteiger partial charge in [0.1, 0.15) is 11.9 Å². The molecule has 0 fully saturated rings. The number of nitro groups is 1. The van der Waals surface area contributed by atoms with Gasteiger partial charge in [0.2, 0.25) is 0 Å². The van der Waals surface area contributed by atoms with E-state index in [1.165, 1.54) is 24.3 Å². The van der Waals surface area contributed by atoms with Gasteiger partial charge in [-0.15, -0.1) is 0 Å². The van der Waals surface area contributed by atoms with E-state index in [0.717, 1.165) is 19.3 Å². The van der Waals surface area contributed by atoms with E-state index in [1.807, 2.05) is 32.9 Å². The minimum Gasteiger partial charge on any atom is -0.426 e. The quantitative estimate of drug-likeness (QED) is 0.153. The monoisotopic (exact) mass is 337 g/mol. The highest BCUT2D eigenvalue weighted by Gasteiger charge is 2.13. The fraction of sp³-hybridized carbons (Fsp3) is 0.500. The van der Waals surface area contributed by atoms with Gasteiger partial charge < -0.3 is 9.47 Å². The summed E-state index contributed by atoms with van der Waals surface area (Å²) in [5.74, 6) is 0.209. The predicted molar refractivity (Wildman–Crippen MR) is 94.3 cm³/mol. The molecule has 0 spiro atoms. The van der Waals surface area contributed by atoms with Gasteiger partial charge in [-0.1, -0.05) is 46.6 Å². The number of allylic oxidation sites excluding steroid dienone is 1. The van der Waals surface area contributed by atoms with Gasteiger partial charge in [-0.2, -0.15) is 0 Å². The Labute approximate surface area is 143 Å². The zero-order valence-corrected chi connectivity index (χ0v) is 14.9. The van der Waals surface area contributed by atoms with Crippen LogP contribution in [0, 0.1) is 10.1 Å². The summed E-state index contributed by atoms with van der Waals surface area (Å²) in [7, 11) is 0. The van der Waals surface area contributed by atoms with Crippen molar-refractivity contribution in [3.8, 4) is 5.75 Å². The number of carbonyl (C=O) groups excluding carboxylic acids is 1. The summed E-state index contributed by atoms with van der Waals surface area (Å²) in [6.45, 7) is 8.02. The zero-order chi connectivity index (χ0) is 18.4. The Hall–Kier alpha value is -2.37. The first-order chi connectivity index (χ1) is 11.6. The summed E-state index contributed by atoms with van der Waals surface area (Å²) < 4.78 is 10.2. The molecule has 0 amide bonds. The second-order valence-electron chi connectivity index (χ2n) is 4.74. The first-order valence-corrected chi connectivity index (χ1v) is 8.36. The number of non-ortho nitro benzene ring substituents is 1.